The van der Waals surface area contributed by atoms with Gasteiger partial charge >= 0.3 is 0 Å². The minimum Gasteiger partial charge on any atom is -0.399 e. The first-order valence-corrected chi connectivity index (χ1v) is 17.2. The van der Waals surface area contributed by atoms with Crippen LogP contribution in [0.5, 0.6) is 0 Å². The summed E-state index contributed by atoms with van der Waals surface area (Å²) in [4.78, 5) is 48.1. The summed E-state index contributed by atoms with van der Waals surface area (Å²) in [6, 6.07) is 13.6. The van der Waals surface area contributed by atoms with Crippen LogP contribution in [0.3, 0.4) is 0 Å². The van der Waals surface area contributed by atoms with Gasteiger partial charge in [0, 0.05) is 12.1 Å². The third-order valence-electron chi connectivity index (χ3n) is 9.54. The van der Waals surface area contributed by atoms with Crippen molar-refractivity contribution in [2.75, 3.05) is 10.6 Å². The van der Waals surface area contributed by atoms with E-state index in [1.165, 1.54) is 23.2 Å². The second-order valence-electron chi connectivity index (χ2n) is 13.9. The Labute approximate surface area is 300 Å². The molecule has 2 aliphatic carbocycles. The topological polar surface area (TPSA) is 174 Å². The molecule has 15 heteroatoms. The van der Waals surface area contributed by atoms with Crippen LogP contribution in [0, 0.1) is 9.39 Å². The second kappa shape index (κ2) is 11.5. The van der Waals surface area contributed by atoms with Gasteiger partial charge in [-0.1, -0.05) is 23.7 Å². The number of amides is 3. The molecule has 2 saturated carbocycles. The van der Waals surface area contributed by atoms with Crippen LogP contribution in [0.1, 0.15) is 73.9 Å². The average molecular weight is 798 g/mol. The molecule has 0 radical (unpaired) electrons. The van der Waals surface area contributed by atoms with Gasteiger partial charge in [-0.25, -0.2) is 14.3 Å². The first-order valence-electron chi connectivity index (χ1n) is 15.8. The zero-order valence-corrected chi connectivity index (χ0v) is 29.9. The van der Waals surface area contributed by atoms with Gasteiger partial charge in [0.25, 0.3) is 11.8 Å². The molecular weight excluding hydrogens is 764 g/mol. The molecule has 3 amide bonds. The summed E-state index contributed by atoms with van der Waals surface area (Å²) in [6.45, 7) is 5.40. The number of aromatic nitrogens is 4. The fourth-order valence-electron chi connectivity index (χ4n) is 6.32. The molecule has 7 rings (SSSR count). The number of benzene rings is 2. The largest absolute Gasteiger partial charge is 0.399 e. The Kier molecular flexibility index (Phi) is 7.79. The highest BCUT2D eigenvalue weighted by Gasteiger charge is 2.57. The Morgan fingerprint density at radius 1 is 1.06 bits per heavy atom. The van der Waals surface area contributed by atoms with Crippen molar-refractivity contribution < 1.29 is 18.8 Å². The van der Waals surface area contributed by atoms with Gasteiger partial charge in [0.15, 0.2) is 5.82 Å². The first-order chi connectivity index (χ1) is 23.1. The number of fused-ring (bicyclic) bond motifs is 1. The summed E-state index contributed by atoms with van der Waals surface area (Å²) < 4.78 is 16.3. The van der Waals surface area contributed by atoms with E-state index >= 15 is 0 Å². The molecule has 3 aliphatic rings. The summed E-state index contributed by atoms with van der Waals surface area (Å²) in [5.74, 6) is -1.70. The van der Waals surface area contributed by atoms with Crippen molar-refractivity contribution in [3.63, 3.8) is 0 Å². The van der Waals surface area contributed by atoms with Gasteiger partial charge in [-0.3, -0.25) is 19.0 Å². The van der Waals surface area contributed by atoms with Crippen LogP contribution >= 0.6 is 34.2 Å². The van der Waals surface area contributed by atoms with Crippen molar-refractivity contribution >= 4 is 69.2 Å². The van der Waals surface area contributed by atoms with E-state index in [2.05, 4.69) is 25.8 Å². The van der Waals surface area contributed by atoms with Crippen LogP contribution in [0.25, 0.3) is 0 Å². The molecule has 49 heavy (non-hydrogen) atoms. The predicted molar refractivity (Wildman–Crippen MR) is 189 cm³/mol. The predicted octanol–water partition coefficient (Wildman–Crippen LogP) is 4.55. The highest BCUT2D eigenvalue weighted by molar-refractivity contribution is 14.1. The maximum Gasteiger partial charge on any atom is 0.270 e. The highest BCUT2D eigenvalue weighted by atomic mass is 127. The number of rotatable bonds is 9. The molecule has 0 saturated heterocycles. The number of anilines is 3. The second-order valence-corrected chi connectivity index (χ2v) is 15.5. The summed E-state index contributed by atoms with van der Waals surface area (Å²) in [5.41, 5.74) is 11.3. The van der Waals surface area contributed by atoms with Gasteiger partial charge in [-0.05, 0) is 111 Å². The van der Waals surface area contributed by atoms with Gasteiger partial charge in [0.1, 0.15) is 16.8 Å². The van der Waals surface area contributed by atoms with Crippen molar-refractivity contribution in [2.24, 2.45) is 5.73 Å². The van der Waals surface area contributed by atoms with E-state index in [-0.39, 0.29) is 38.5 Å². The maximum absolute atomic E-state index is 14.5. The minimum absolute atomic E-state index is 0.0952. The van der Waals surface area contributed by atoms with Crippen LogP contribution in [-0.2, 0) is 32.6 Å². The van der Waals surface area contributed by atoms with Gasteiger partial charge < -0.3 is 22.1 Å². The minimum atomic E-state index is -1.33. The molecule has 0 unspecified atom stereocenters. The lowest BCUT2D eigenvalue weighted by molar-refractivity contribution is -0.125. The Hall–Kier alpha value is -4.15. The van der Waals surface area contributed by atoms with E-state index in [4.69, 9.17) is 23.1 Å². The van der Waals surface area contributed by atoms with Crippen molar-refractivity contribution in [1.29, 1.82) is 0 Å². The summed E-state index contributed by atoms with van der Waals surface area (Å²) in [6.07, 6.45) is 3.82. The Bertz CT molecular complexity index is 2000. The van der Waals surface area contributed by atoms with Gasteiger partial charge in [-0.15, -0.1) is 0 Å². The third kappa shape index (κ3) is 5.72. The fourth-order valence-corrected chi connectivity index (χ4v) is 7.30. The van der Waals surface area contributed by atoms with Crippen molar-refractivity contribution in [3.05, 3.63) is 91.8 Å². The average Bonchev–Trinajstić information content (AvgIpc) is 3.96. The molecule has 2 aromatic heterocycles. The number of halogens is 3. The maximum atomic E-state index is 14.5. The van der Waals surface area contributed by atoms with Crippen LogP contribution in [-0.4, -0.2) is 43.0 Å². The molecule has 0 bridgehead atoms. The molecule has 3 heterocycles. The number of hydrogen-bond acceptors (Lipinski definition) is 8. The normalized spacial score (nSPS) is 20.1. The molecule has 6 N–H and O–H groups in total. The Morgan fingerprint density at radius 3 is 2.33 bits per heavy atom. The number of hydrogen-bond donors (Lipinski definition) is 4. The summed E-state index contributed by atoms with van der Waals surface area (Å²) in [7, 11) is 0. The molecular formula is C34H34ClFIN9O3. The lowest BCUT2D eigenvalue weighted by atomic mass is 9.91. The number of nitrogens with one attached hydrogen (secondary N) is 2. The zero-order valence-electron chi connectivity index (χ0n) is 27.0. The lowest BCUT2D eigenvalue weighted by Crippen LogP contribution is -2.52. The van der Waals surface area contributed by atoms with E-state index in [0.29, 0.717) is 48.4 Å². The number of carbonyl (C=O) groups excluding carboxylic acids is 3. The molecule has 1 aliphatic heterocycles. The number of nitrogens with zero attached hydrogens (tertiary/aromatic N) is 5. The van der Waals surface area contributed by atoms with E-state index in [0.717, 1.165) is 5.56 Å². The van der Waals surface area contributed by atoms with E-state index in [1.54, 1.807) is 23.6 Å². The van der Waals surface area contributed by atoms with Crippen LogP contribution in [0.4, 0.5) is 21.7 Å². The van der Waals surface area contributed by atoms with E-state index < -0.39 is 33.9 Å². The van der Waals surface area contributed by atoms with Crippen LogP contribution in [0.15, 0.2) is 54.7 Å². The monoisotopic (exact) mass is 797 g/mol. The number of carbonyl (C=O) groups is 3. The standard InChI is InChI=1S/C34H34ClFIN9O3/c1-31(2,39)24-8-9-25(44-43-24)33(10-11-33)42-28(48)34(12-13-34)41-27(47)23-17-40-30-45(20-14-21(35)26(36)22(37)15-20)29(49)32(3,46(23)30)16-18-4-6-19(38)7-5-18/h4-9,14-15,17H,10-13,16,38-39H2,1-3H3,(H,41,47)(H,42,48)/t32-/m1/s1. The Morgan fingerprint density at radius 2 is 1.76 bits per heavy atom. The third-order valence-corrected chi connectivity index (χ3v) is 10.6. The molecule has 0 spiro atoms. The Balaban J connectivity index is 1.19. The SMILES string of the molecule is CC(C)(N)c1ccc(C2(NC(=O)C3(NC(=O)c4cnc5n4[C@](C)(Cc4ccc(N)cc4)C(=O)N5c4cc(Cl)c(F)c(I)c4)CC3)CC2)nn1. The van der Waals surface area contributed by atoms with Gasteiger partial charge in [0.05, 0.1) is 42.9 Å². The number of imidazole rings is 1. The molecule has 12 nitrogen and oxygen atoms in total. The molecule has 4 aromatic rings. The smallest absolute Gasteiger partial charge is 0.270 e. The zero-order chi connectivity index (χ0) is 35.1. The van der Waals surface area contributed by atoms with E-state index in [9.17, 15) is 18.8 Å². The highest BCUT2D eigenvalue weighted by Crippen LogP contribution is 2.47. The first kappa shape index (κ1) is 33.4. The quantitative estimate of drug-likeness (QED) is 0.109. The van der Waals surface area contributed by atoms with Crippen molar-refractivity contribution in [3.8, 4) is 0 Å². The lowest BCUT2D eigenvalue weighted by Gasteiger charge is -2.27. The molecule has 1 atom stereocenters. The molecule has 2 aromatic carbocycles. The fraction of sp³-hybridized carbons (Fsp3) is 0.353. The van der Waals surface area contributed by atoms with Gasteiger partial charge in [-0.2, -0.15) is 10.2 Å². The van der Waals surface area contributed by atoms with Crippen molar-refractivity contribution in [2.45, 2.75) is 75.0 Å². The van der Waals surface area contributed by atoms with Gasteiger partial charge in [0.2, 0.25) is 11.9 Å². The van der Waals surface area contributed by atoms with Crippen LogP contribution in [0.2, 0.25) is 5.02 Å². The molecule has 254 valence electrons. The van der Waals surface area contributed by atoms with Crippen molar-refractivity contribution in [1.82, 2.24) is 30.4 Å². The van der Waals surface area contributed by atoms with Crippen LogP contribution < -0.4 is 27.0 Å². The number of nitrogen functional groups attached to an aromatic ring is 1. The van der Waals surface area contributed by atoms with E-state index in [1.807, 2.05) is 60.7 Å². The summed E-state index contributed by atoms with van der Waals surface area (Å²) in [5, 5.41) is 14.6. The summed E-state index contributed by atoms with van der Waals surface area (Å²) >= 11 is 8.01. The number of nitrogens with two attached hydrogens (primary N) is 2. The molecule has 2 fully saturated rings.